The second-order valence-electron chi connectivity index (χ2n) is 5.93. The monoisotopic (exact) mass is 305 g/mol. The van der Waals surface area contributed by atoms with Gasteiger partial charge in [-0.3, -0.25) is 0 Å². The molecule has 0 saturated carbocycles. The van der Waals surface area contributed by atoms with E-state index in [-0.39, 0.29) is 0 Å². The average molecular weight is 305 g/mol. The Labute approximate surface area is 129 Å². The predicted molar refractivity (Wildman–Crippen MR) is 85.8 cm³/mol. The number of aromatic nitrogens is 3. The summed E-state index contributed by atoms with van der Waals surface area (Å²) in [6.45, 7) is 1.63. The molecule has 0 fully saturated rings. The van der Waals surface area contributed by atoms with E-state index in [9.17, 15) is 0 Å². The highest BCUT2D eigenvalue weighted by molar-refractivity contribution is 7.10. The summed E-state index contributed by atoms with van der Waals surface area (Å²) in [6, 6.07) is 4.64. The van der Waals surface area contributed by atoms with Crippen LogP contribution in [-0.4, -0.2) is 46.8 Å². The van der Waals surface area contributed by atoms with Crippen LogP contribution >= 0.6 is 11.3 Å². The Morgan fingerprint density at radius 2 is 2.29 bits per heavy atom. The minimum Gasteiger partial charge on any atom is -0.330 e. The number of nitrogens with two attached hydrogens (primary N) is 1. The smallest absolute Gasteiger partial charge is 0.152 e. The molecule has 1 aliphatic rings. The Hall–Kier alpha value is -1.24. The predicted octanol–water partition coefficient (Wildman–Crippen LogP) is 1.87. The average Bonchev–Trinajstić information content (AvgIpc) is 3.13. The lowest BCUT2D eigenvalue weighted by molar-refractivity contribution is 0.370. The molecule has 2 atom stereocenters. The number of fused-ring (bicyclic) bond motifs is 1. The molecule has 6 heteroatoms. The number of nitrogens with zero attached hydrogens (tertiary/aromatic N) is 4. The van der Waals surface area contributed by atoms with Gasteiger partial charge in [0.25, 0.3) is 0 Å². The molecule has 0 bridgehead atoms. The Bertz CT molecular complexity index is 575. The van der Waals surface area contributed by atoms with Crippen LogP contribution in [0.2, 0.25) is 0 Å². The van der Waals surface area contributed by atoms with Gasteiger partial charge in [0.2, 0.25) is 0 Å². The van der Waals surface area contributed by atoms with E-state index in [1.54, 1.807) is 11.3 Å². The minimum absolute atomic E-state index is 0.336. The van der Waals surface area contributed by atoms with Crippen LogP contribution in [0, 0.1) is 0 Å². The van der Waals surface area contributed by atoms with Crippen molar-refractivity contribution in [1.82, 2.24) is 19.7 Å². The van der Waals surface area contributed by atoms with Crippen LogP contribution in [0.3, 0.4) is 0 Å². The van der Waals surface area contributed by atoms with E-state index >= 15 is 0 Å². The summed E-state index contributed by atoms with van der Waals surface area (Å²) in [7, 11) is 4.15. The number of hydrogen-bond donors (Lipinski definition) is 1. The quantitative estimate of drug-likeness (QED) is 0.916. The van der Waals surface area contributed by atoms with Gasteiger partial charge >= 0.3 is 0 Å². The van der Waals surface area contributed by atoms with Crippen LogP contribution < -0.4 is 5.73 Å². The third-order valence-corrected chi connectivity index (χ3v) is 5.06. The van der Waals surface area contributed by atoms with Gasteiger partial charge in [-0.15, -0.1) is 11.3 Å². The molecule has 114 valence electrons. The first-order valence-corrected chi connectivity index (χ1v) is 8.40. The number of thiophene rings is 1. The van der Waals surface area contributed by atoms with Gasteiger partial charge in [0.05, 0.1) is 6.04 Å². The van der Waals surface area contributed by atoms with Crippen molar-refractivity contribution in [3.63, 3.8) is 0 Å². The van der Waals surface area contributed by atoms with Gasteiger partial charge in [-0.1, -0.05) is 6.07 Å². The lowest BCUT2D eigenvalue weighted by Gasteiger charge is -2.27. The van der Waals surface area contributed by atoms with E-state index in [2.05, 4.69) is 41.2 Å². The molecule has 1 aliphatic heterocycles. The molecule has 0 aliphatic carbocycles. The third kappa shape index (κ3) is 3.02. The Kier molecular flexibility index (Phi) is 4.37. The Morgan fingerprint density at radius 3 is 2.95 bits per heavy atom. The molecular formula is C15H23N5S. The fourth-order valence-corrected chi connectivity index (χ4v) is 3.74. The number of rotatable bonds is 5. The minimum atomic E-state index is 0.336. The molecule has 21 heavy (non-hydrogen) atoms. The lowest BCUT2D eigenvalue weighted by Crippen LogP contribution is -2.27. The summed E-state index contributed by atoms with van der Waals surface area (Å²) in [4.78, 5) is 8.32. The first kappa shape index (κ1) is 14.7. The van der Waals surface area contributed by atoms with Gasteiger partial charge in [0.15, 0.2) is 5.82 Å². The molecular weight excluding hydrogens is 282 g/mol. The maximum atomic E-state index is 5.93. The van der Waals surface area contributed by atoms with Gasteiger partial charge in [0.1, 0.15) is 5.82 Å². The molecule has 0 spiro atoms. The summed E-state index contributed by atoms with van der Waals surface area (Å²) in [6.07, 6.45) is 3.10. The van der Waals surface area contributed by atoms with Crippen LogP contribution in [0.1, 0.15) is 41.3 Å². The molecule has 0 saturated heterocycles. The zero-order valence-corrected chi connectivity index (χ0v) is 13.5. The summed E-state index contributed by atoms with van der Waals surface area (Å²) in [5.41, 5.74) is 5.93. The second-order valence-corrected chi connectivity index (χ2v) is 6.90. The van der Waals surface area contributed by atoms with Crippen molar-refractivity contribution >= 4 is 11.3 Å². The maximum Gasteiger partial charge on any atom is 0.152 e. The molecule has 0 radical (unpaired) electrons. The van der Waals surface area contributed by atoms with Crippen molar-refractivity contribution in [3.05, 3.63) is 34.0 Å². The third-order valence-electron chi connectivity index (χ3n) is 4.09. The van der Waals surface area contributed by atoms with Gasteiger partial charge in [-0.25, -0.2) is 9.67 Å². The highest BCUT2D eigenvalue weighted by Crippen LogP contribution is 2.37. The molecule has 2 N–H and O–H groups in total. The normalized spacial score (nSPS) is 21.7. The topological polar surface area (TPSA) is 60.0 Å². The second kappa shape index (κ2) is 6.25. The van der Waals surface area contributed by atoms with Crippen LogP contribution in [0.5, 0.6) is 0 Å². The van der Waals surface area contributed by atoms with Crippen molar-refractivity contribution in [3.8, 4) is 0 Å². The molecule has 3 heterocycles. The van der Waals surface area contributed by atoms with E-state index in [0.717, 1.165) is 37.5 Å². The van der Waals surface area contributed by atoms with Crippen molar-refractivity contribution in [1.29, 1.82) is 0 Å². The van der Waals surface area contributed by atoms with Crippen molar-refractivity contribution in [2.24, 2.45) is 5.73 Å². The van der Waals surface area contributed by atoms with Crippen LogP contribution in [0.4, 0.5) is 0 Å². The van der Waals surface area contributed by atoms with Crippen molar-refractivity contribution < 1.29 is 0 Å². The zero-order chi connectivity index (χ0) is 14.8. The Balaban J connectivity index is 1.90. The number of hydrogen-bond acceptors (Lipinski definition) is 5. The maximum absolute atomic E-state index is 5.93. The largest absolute Gasteiger partial charge is 0.330 e. The zero-order valence-electron chi connectivity index (χ0n) is 12.7. The molecule has 2 unspecified atom stereocenters. The van der Waals surface area contributed by atoms with E-state index in [0.29, 0.717) is 18.5 Å². The first-order chi connectivity index (χ1) is 10.2. The summed E-state index contributed by atoms with van der Waals surface area (Å²) in [5, 5.41) is 6.92. The van der Waals surface area contributed by atoms with E-state index in [1.807, 2.05) is 0 Å². The summed E-state index contributed by atoms with van der Waals surface area (Å²) >= 11 is 1.80. The molecule has 2 aromatic heterocycles. The molecule has 0 amide bonds. The van der Waals surface area contributed by atoms with Crippen molar-refractivity contribution in [2.45, 2.75) is 31.2 Å². The SMILES string of the molecule is CN(C)CCc1nc2n(n1)C(c1cccs1)CCC2CN. The summed E-state index contributed by atoms with van der Waals surface area (Å²) in [5.74, 6) is 2.37. The van der Waals surface area contributed by atoms with Crippen LogP contribution in [0.15, 0.2) is 17.5 Å². The number of likely N-dealkylation sites (N-methyl/N-ethyl adjacent to an activating group) is 1. The lowest BCUT2D eigenvalue weighted by atomic mass is 9.94. The first-order valence-electron chi connectivity index (χ1n) is 7.52. The highest BCUT2D eigenvalue weighted by Gasteiger charge is 2.30. The van der Waals surface area contributed by atoms with Gasteiger partial charge in [-0.05, 0) is 38.4 Å². The standard InChI is InChI=1S/C15H23N5S/c1-19(2)8-7-14-17-15-11(10-16)5-6-12(20(15)18-14)13-4-3-9-21-13/h3-4,9,11-12H,5-8,10,16H2,1-2H3. The fourth-order valence-electron chi connectivity index (χ4n) is 2.90. The van der Waals surface area contributed by atoms with Crippen LogP contribution in [0.25, 0.3) is 0 Å². The van der Waals surface area contributed by atoms with Gasteiger partial charge in [-0.2, -0.15) is 5.10 Å². The summed E-state index contributed by atoms with van der Waals surface area (Å²) < 4.78 is 2.14. The molecule has 2 aromatic rings. The van der Waals surface area contributed by atoms with Crippen molar-refractivity contribution in [2.75, 3.05) is 27.2 Å². The Morgan fingerprint density at radius 1 is 1.43 bits per heavy atom. The molecule has 5 nitrogen and oxygen atoms in total. The van der Waals surface area contributed by atoms with Gasteiger partial charge in [0, 0.05) is 30.3 Å². The fraction of sp³-hybridized carbons (Fsp3) is 0.600. The van der Waals surface area contributed by atoms with E-state index in [4.69, 9.17) is 15.8 Å². The van der Waals surface area contributed by atoms with Crippen LogP contribution in [-0.2, 0) is 6.42 Å². The molecule has 3 rings (SSSR count). The van der Waals surface area contributed by atoms with Gasteiger partial charge < -0.3 is 10.6 Å². The highest BCUT2D eigenvalue weighted by atomic mass is 32.1. The van der Waals surface area contributed by atoms with E-state index in [1.165, 1.54) is 4.88 Å². The molecule has 0 aromatic carbocycles. The van der Waals surface area contributed by atoms with E-state index < -0.39 is 0 Å².